The number of ether oxygens (including phenoxy) is 4. The molecular formula is C86H168O17P2. The molecule has 0 aliphatic heterocycles. The number of esters is 4. The van der Waals surface area contributed by atoms with Crippen LogP contribution in [-0.4, -0.2) is 96.7 Å². The zero-order chi connectivity index (χ0) is 77.1. The minimum atomic E-state index is -4.97. The van der Waals surface area contributed by atoms with Crippen molar-refractivity contribution < 1.29 is 80.2 Å². The lowest BCUT2D eigenvalue weighted by Crippen LogP contribution is -2.30. The molecule has 624 valence electrons. The van der Waals surface area contributed by atoms with E-state index in [9.17, 15) is 43.2 Å². The van der Waals surface area contributed by atoms with Crippen LogP contribution >= 0.6 is 15.6 Å². The van der Waals surface area contributed by atoms with Crippen molar-refractivity contribution in [1.82, 2.24) is 0 Å². The summed E-state index contributed by atoms with van der Waals surface area (Å²) < 4.78 is 68.9. The van der Waals surface area contributed by atoms with E-state index < -0.39 is 97.5 Å². The maximum Gasteiger partial charge on any atom is 0.472 e. The maximum atomic E-state index is 13.1. The summed E-state index contributed by atoms with van der Waals surface area (Å²) in [6.07, 6.45) is 69.3. The van der Waals surface area contributed by atoms with E-state index in [4.69, 9.17) is 37.0 Å². The number of hydrogen-bond donors (Lipinski definition) is 3. The zero-order valence-corrected chi connectivity index (χ0v) is 70.8. The van der Waals surface area contributed by atoms with Crippen LogP contribution in [0.5, 0.6) is 0 Å². The third kappa shape index (κ3) is 78.5. The van der Waals surface area contributed by atoms with Crippen molar-refractivity contribution in [2.75, 3.05) is 39.6 Å². The summed E-state index contributed by atoms with van der Waals surface area (Å²) in [4.78, 5) is 73.3. The van der Waals surface area contributed by atoms with Crippen molar-refractivity contribution >= 4 is 39.5 Å². The highest BCUT2D eigenvalue weighted by atomic mass is 31.2. The molecule has 0 rings (SSSR count). The van der Waals surface area contributed by atoms with Crippen molar-refractivity contribution in [2.24, 2.45) is 11.8 Å². The number of aliphatic hydroxyl groups is 1. The van der Waals surface area contributed by atoms with Gasteiger partial charge in [-0.05, 0) is 37.5 Å². The zero-order valence-electron chi connectivity index (χ0n) is 69.0. The third-order valence-corrected chi connectivity index (χ3v) is 22.5. The molecule has 17 nitrogen and oxygen atoms in total. The summed E-state index contributed by atoms with van der Waals surface area (Å²) in [5, 5.41) is 10.7. The second-order valence-electron chi connectivity index (χ2n) is 31.6. The number of rotatable bonds is 85. The van der Waals surface area contributed by atoms with Crippen molar-refractivity contribution in [3.63, 3.8) is 0 Å². The van der Waals surface area contributed by atoms with Gasteiger partial charge in [-0.2, -0.15) is 0 Å². The Hall–Kier alpha value is -1.94. The smallest absolute Gasteiger partial charge is 0.462 e. The van der Waals surface area contributed by atoms with Crippen LogP contribution in [0.25, 0.3) is 0 Å². The predicted molar refractivity (Wildman–Crippen MR) is 432 cm³/mol. The van der Waals surface area contributed by atoms with E-state index in [-0.39, 0.29) is 25.7 Å². The molecule has 0 amide bonds. The fraction of sp³-hybridized carbons (Fsp3) is 0.953. The second-order valence-corrected chi connectivity index (χ2v) is 34.6. The van der Waals surface area contributed by atoms with Gasteiger partial charge in [0.05, 0.1) is 26.4 Å². The fourth-order valence-corrected chi connectivity index (χ4v) is 15.0. The van der Waals surface area contributed by atoms with E-state index in [1.165, 1.54) is 276 Å². The van der Waals surface area contributed by atoms with Crippen molar-refractivity contribution in [2.45, 2.75) is 477 Å². The summed E-state index contributed by atoms with van der Waals surface area (Å²) in [5.41, 5.74) is 0. The minimum Gasteiger partial charge on any atom is -0.462 e. The molecule has 0 spiro atoms. The highest BCUT2D eigenvalue weighted by Crippen LogP contribution is 2.45. The molecule has 0 aliphatic rings. The number of unbranched alkanes of at least 4 members (excludes halogenated alkanes) is 54. The number of aliphatic hydroxyl groups excluding tert-OH is 1. The molecule has 0 radical (unpaired) electrons. The molecule has 3 unspecified atom stereocenters. The summed E-state index contributed by atoms with van der Waals surface area (Å²) in [6, 6.07) is 0. The van der Waals surface area contributed by atoms with Crippen molar-refractivity contribution in [3.8, 4) is 0 Å². The van der Waals surface area contributed by atoms with Gasteiger partial charge in [-0.15, -0.1) is 0 Å². The molecule has 0 aromatic carbocycles. The van der Waals surface area contributed by atoms with E-state index in [2.05, 4.69) is 41.5 Å². The van der Waals surface area contributed by atoms with E-state index in [0.717, 1.165) is 102 Å². The van der Waals surface area contributed by atoms with Crippen LogP contribution in [0.1, 0.15) is 459 Å². The third-order valence-electron chi connectivity index (χ3n) is 20.6. The average Bonchev–Trinajstić information content (AvgIpc) is 0.907. The van der Waals surface area contributed by atoms with Gasteiger partial charge in [-0.3, -0.25) is 37.3 Å². The topological polar surface area (TPSA) is 237 Å². The molecule has 0 saturated carbocycles. The summed E-state index contributed by atoms with van der Waals surface area (Å²) in [5.74, 6) is -0.538. The molecule has 6 atom stereocenters. The number of phosphoric acid groups is 2. The largest absolute Gasteiger partial charge is 0.472 e. The highest BCUT2D eigenvalue weighted by molar-refractivity contribution is 7.47. The Morgan fingerprint density at radius 3 is 0.724 bits per heavy atom. The fourth-order valence-electron chi connectivity index (χ4n) is 13.4. The van der Waals surface area contributed by atoms with Crippen LogP contribution in [0.2, 0.25) is 0 Å². The number of phosphoric ester groups is 2. The van der Waals surface area contributed by atoms with Gasteiger partial charge in [-0.25, -0.2) is 9.13 Å². The lowest BCUT2D eigenvalue weighted by Gasteiger charge is -2.21. The van der Waals surface area contributed by atoms with Gasteiger partial charge < -0.3 is 33.8 Å². The van der Waals surface area contributed by atoms with Gasteiger partial charge in [0, 0.05) is 25.7 Å². The number of carbonyl (C=O) groups is 4. The van der Waals surface area contributed by atoms with Gasteiger partial charge in [0.25, 0.3) is 0 Å². The lowest BCUT2D eigenvalue weighted by atomic mass is 9.99. The number of carbonyl (C=O) groups excluding carboxylic acids is 4. The van der Waals surface area contributed by atoms with Crippen LogP contribution in [0.3, 0.4) is 0 Å². The average molecular weight is 1540 g/mol. The summed E-state index contributed by atoms with van der Waals surface area (Å²) >= 11 is 0. The summed E-state index contributed by atoms with van der Waals surface area (Å²) in [7, 11) is -9.93. The predicted octanol–water partition coefficient (Wildman–Crippen LogP) is 26.2. The van der Waals surface area contributed by atoms with E-state index in [1.54, 1.807) is 0 Å². The minimum absolute atomic E-state index is 0.107. The number of hydrogen-bond acceptors (Lipinski definition) is 15. The van der Waals surface area contributed by atoms with Crippen LogP contribution in [-0.2, 0) is 65.4 Å². The molecule has 3 N–H and O–H groups in total. The molecule has 0 bridgehead atoms. The molecule has 0 heterocycles. The first-order valence-corrected chi connectivity index (χ1v) is 47.5. The molecular weight excluding hydrogens is 1370 g/mol. The van der Waals surface area contributed by atoms with E-state index in [0.29, 0.717) is 25.7 Å². The van der Waals surface area contributed by atoms with Crippen LogP contribution in [0.15, 0.2) is 0 Å². The Morgan fingerprint density at radius 2 is 0.486 bits per heavy atom. The Kier molecular flexibility index (Phi) is 76.0. The first kappa shape index (κ1) is 103. The van der Waals surface area contributed by atoms with Gasteiger partial charge in [0.15, 0.2) is 12.2 Å². The Bertz CT molecular complexity index is 2010. The first-order valence-electron chi connectivity index (χ1n) is 44.5. The summed E-state index contributed by atoms with van der Waals surface area (Å²) in [6.45, 7) is 9.69. The van der Waals surface area contributed by atoms with Gasteiger partial charge in [0.2, 0.25) is 0 Å². The second kappa shape index (κ2) is 77.4. The SMILES string of the molecule is CCCCCCCCCCCCCCCCCCCCCCC(=O)O[C@H](COC(=O)CCCCCCCCCCCCCCCCCCC)COP(=O)(O)OC[C@@H](O)COP(=O)(O)OC[C@@H](COC(=O)CCCCCCCCCCC(C)CC)OC(=O)CCCCCCCCCCCCCCCC(C)C. The molecule has 0 aromatic rings. The standard InChI is InChI=1S/C86H168O17P2/c1-7-10-12-14-16-18-20-22-24-26-27-28-30-32-36-40-44-52-58-64-70-85(90)102-81(74-96-83(88)68-62-56-50-43-39-35-31-29-25-23-21-19-17-15-13-11-8-2)76-100-104(92,93)98-72-80(87)73-99-105(94,95)101-77-82(75-97-84(89)69-63-57-51-47-46-49-55-61-67-79(6)9-3)103-86(91)71-65-59-53-45-41-37-33-34-38-42-48-54-60-66-78(4)5/h78-82,87H,7-77H2,1-6H3,(H,92,93)(H,94,95)/t79?,80-,81-,82-/m1/s1. The van der Waals surface area contributed by atoms with Gasteiger partial charge in [-0.1, -0.05) is 408 Å². The molecule has 0 aliphatic carbocycles. The monoisotopic (exact) mass is 1540 g/mol. The highest BCUT2D eigenvalue weighted by Gasteiger charge is 2.30. The quantitative estimate of drug-likeness (QED) is 0.0222. The van der Waals surface area contributed by atoms with Gasteiger partial charge >= 0.3 is 39.5 Å². The Labute approximate surface area is 645 Å². The van der Waals surface area contributed by atoms with Gasteiger partial charge in [0.1, 0.15) is 19.3 Å². The molecule has 0 aromatic heterocycles. The molecule has 0 fully saturated rings. The maximum absolute atomic E-state index is 13.1. The molecule has 0 saturated heterocycles. The molecule has 105 heavy (non-hydrogen) atoms. The van der Waals surface area contributed by atoms with Crippen molar-refractivity contribution in [3.05, 3.63) is 0 Å². The van der Waals surface area contributed by atoms with Crippen LogP contribution in [0.4, 0.5) is 0 Å². The van der Waals surface area contributed by atoms with Crippen LogP contribution in [0, 0.1) is 11.8 Å². The Morgan fingerprint density at radius 1 is 0.276 bits per heavy atom. The molecule has 19 heteroatoms. The normalized spacial score (nSPS) is 14.1. The lowest BCUT2D eigenvalue weighted by molar-refractivity contribution is -0.161. The first-order chi connectivity index (χ1) is 50.9. The Balaban J connectivity index is 5.26. The van der Waals surface area contributed by atoms with Crippen molar-refractivity contribution in [1.29, 1.82) is 0 Å². The van der Waals surface area contributed by atoms with Crippen LogP contribution < -0.4 is 0 Å². The van der Waals surface area contributed by atoms with E-state index in [1.807, 2.05) is 0 Å². The van der Waals surface area contributed by atoms with E-state index >= 15 is 0 Å².